The molecule has 1 rings (SSSR count). The minimum Gasteiger partial charge on any atom is -0.359 e. The van der Waals surface area contributed by atoms with Gasteiger partial charge in [0.2, 0.25) is 5.91 Å². The number of carbonyl (C=O) groups is 1. The molecule has 0 aromatic heterocycles. The lowest BCUT2D eigenvalue weighted by Crippen LogP contribution is -2.11. The molecule has 2 nitrogen and oxygen atoms in total. The van der Waals surface area contributed by atoms with Crippen LogP contribution in [0.2, 0.25) is 0 Å². The van der Waals surface area contributed by atoms with Crippen LogP contribution in [0.3, 0.4) is 0 Å². The first-order valence-corrected chi connectivity index (χ1v) is 5.86. The number of hydrogen-bond acceptors (Lipinski definition) is 1. The van der Waals surface area contributed by atoms with Crippen LogP contribution in [-0.2, 0) is 4.79 Å². The zero-order valence-electron chi connectivity index (χ0n) is 12.3. The molecule has 1 amide bonds. The topological polar surface area (TPSA) is 29.1 Å². The van der Waals surface area contributed by atoms with Gasteiger partial charge in [-0.15, -0.1) is 0 Å². The van der Waals surface area contributed by atoms with Gasteiger partial charge in [0, 0.05) is 14.0 Å². The summed E-state index contributed by atoms with van der Waals surface area (Å²) in [5.74, 6) is 0.00463. The number of amides is 1. The second-order valence-electron chi connectivity index (χ2n) is 5.46. The number of benzene rings is 1. The lowest BCUT2D eigenvalue weighted by atomic mass is 10.0. The van der Waals surface area contributed by atoms with E-state index in [0.717, 1.165) is 0 Å². The molecular formula is C15H27NO. The van der Waals surface area contributed by atoms with Crippen molar-refractivity contribution in [3.05, 3.63) is 35.9 Å². The predicted molar refractivity (Wildman–Crippen MR) is 76.0 cm³/mol. The van der Waals surface area contributed by atoms with Crippen LogP contribution in [-0.4, -0.2) is 13.0 Å². The quantitative estimate of drug-likeness (QED) is 0.730. The Hall–Kier alpha value is -1.31. The van der Waals surface area contributed by atoms with Crippen LogP contribution in [0.4, 0.5) is 0 Å². The highest BCUT2D eigenvalue weighted by Gasteiger charge is 1.95. The van der Waals surface area contributed by atoms with Crippen molar-refractivity contribution in [2.75, 3.05) is 7.05 Å². The zero-order valence-corrected chi connectivity index (χ0v) is 12.3. The Morgan fingerprint density at radius 3 is 1.47 bits per heavy atom. The molecule has 0 aliphatic carbocycles. The molecule has 0 aliphatic rings. The summed E-state index contributed by atoms with van der Waals surface area (Å²) in [6.45, 7) is 12.3. The van der Waals surface area contributed by atoms with E-state index < -0.39 is 0 Å². The van der Waals surface area contributed by atoms with E-state index >= 15 is 0 Å². The van der Waals surface area contributed by atoms with Crippen molar-refractivity contribution in [3.63, 3.8) is 0 Å². The summed E-state index contributed by atoms with van der Waals surface area (Å²) in [4.78, 5) is 9.70. The fourth-order valence-electron chi connectivity index (χ4n) is 0.534. The largest absolute Gasteiger partial charge is 0.359 e. The molecule has 0 fully saturated rings. The first-order chi connectivity index (χ1) is 7.66. The monoisotopic (exact) mass is 237 g/mol. The molecule has 0 atom stereocenters. The van der Waals surface area contributed by atoms with Crippen LogP contribution in [0.15, 0.2) is 30.3 Å². The third kappa shape index (κ3) is 31.3. The fraction of sp³-hybridized carbons (Fsp3) is 0.533. The van der Waals surface area contributed by atoms with Gasteiger partial charge in [0.25, 0.3) is 0 Å². The molecule has 1 aromatic carbocycles. The van der Waals surface area contributed by atoms with Gasteiger partial charge < -0.3 is 5.32 Å². The average Bonchev–Trinajstić information content (AvgIpc) is 2.17. The number of rotatable bonds is 0. The minimum absolute atomic E-state index is 0.00463. The highest BCUT2D eigenvalue weighted by molar-refractivity contribution is 5.72. The number of carbonyl (C=O) groups excluding carboxylic acids is 1. The van der Waals surface area contributed by atoms with Crippen LogP contribution in [0.25, 0.3) is 0 Å². The molecule has 17 heavy (non-hydrogen) atoms. The smallest absolute Gasteiger partial charge is 0.216 e. The van der Waals surface area contributed by atoms with Gasteiger partial charge in [0.1, 0.15) is 0 Å². The molecule has 1 N–H and O–H groups in total. The van der Waals surface area contributed by atoms with Crippen molar-refractivity contribution >= 4 is 5.91 Å². The van der Waals surface area contributed by atoms with Crippen molar-refractivity contribution in [2.24, 2.45) is 5.41 Å². The van der Waals surface area contributed by atoms with Crippen LogP contribution in [0.1, 0.15) is 40.2 Å². The van der Waals surface area contributed by atoms with Gasteiger partial charge in [-0.05, 0) is 12.3 Å². The van der Waals surface area contributed by atoms with Crippen LogP contribution >= 0.6 is 0 Å². The zero-order chi connectivity index (χ0) is 13.9. The maximum atomic E-state index is 9.70. The van der Waals surface area contributed by atoms with Gasteiger partial charge >= 0.3 is 0 Å². The Balaban J connectivity index is 0. The standard InChI is InChI=1S/C7H8.C5H12.C3H7NO/c1-7-5-3-2-4-6-7;1-5(2,3)4;1-3(5)4-2/h2-6H,1H3;1-4H3;1-2H3,(H,4,5). The summed E-state index contributed by atoms with van der Waals surface area (Å²) in [7, 11) is 1.60. The summed E-state index contributed by atoms with van der Waals surface area (Å²) >= 11 is 0. The Morgan fingerprint density at radius 1 is 1.06 bits per heavy atom. The molecule has 0 bridgehead atoms. The van der Waals surface area contributed by atoms with Gasteiger partial charge in [0.15, 0.2) is 0 Å². The van der Waals surface area contributed by atoms with Crippen molar-refractivity contribution in [3.8, 4) is 0 Å². The Morgan fingerprint density at radius 2 is 1.35 bits per heavy atom. The van der Waals surface area contributed by atoms with Gasteiger partial charge in [-0.3, -0.25) is 4.79 Å². The first-order valence-electron chi connectivity index (χ1n) is 5.86. The third-order valence-electron chi connectivity index (χ3n) is 1.29. The molecule has 98 valence electrons. The van der Waals surface area contributed by atoms with Gasteiger partial charge in [0.05, 0.1) is 0 Å². The van der Waals surface area contributed by atoms with Crippen molar-refractivity contribution in [1.82, 2.24) is 5.32 Å². The lowest BCUT2D eigenvalue weighted by Gasteiger charge is -2.05. The first kappa shape index (κ1) is 18.1. The van der Waals surface area contributed by atoms with Crippen molar-refractivity contribution in [2.45, 2.75) is 41.5 Å². The second-order valence-corrected chi connectivity index (χ2v) is 5.46. The molecule has 0 radical (unpaired) electrons. The highest BCUT2D eigenvalue weighted by Crippen LogP contribution is 2.08. The fourth-order valence-corrected chi connectivity index (χ4v) is 0.534. The maximum absolute atomic E-state index is 9.70. The average molecular weight is 237 g/mol. The Bertz CT molecular complexity index is 280. The lowest BCUT2D eigenvalue weighted by molar-refractivity contribution is -0.118. The molecule has 0 heterocycles. The van der Waals surface area contributed by atoms with Crippen LogP contribution in [0, 0.1) is 12.3 Å². The molecule has 2 heteroatoms. The molecule has 0 spiro atoms. The SMILES string of the molecule is CC(C)(C)C.CNC(C)=O.Cc1ccccc1. The van der Waals surface area contributed by atoms with Crippen LogP contribution < -0.4 is 5.32 Å². The van der Waals surface area contributed by atoms with E-state index in [0.29, 0.717) is 5.41 Å². The summed E-state index contributed by atoms with van der Waals surface area (Å²) in [5.41, 5.74) is 1.82. The number of hydrogen-bond donors (Lipinski definition) is 1. The summed E-state index contributed by atoms with van der Waals surface area (Å²) in [5, 5.41) is 2.39. The number of aryl methyl sites for hydroxylation is 1. The maximum Gasteiger partial charge on any atom is 0.216 e. The summed E-state index contributed by atoms with van der Waals surface area (Å²) in [6, 6.07) is 10.3. The normalized spacial score (nSPS) is 9.12. The minimum atomic E-state index is 0.00463. The van der Waals surface area contributed by atoms with Gasteiger partial charge in [-0.25, -0.2) is 0 Å². The second kappa shape index (κ2) is 9.88. The van der Waals surface area contributed by atoms with E-state index in [4.69, 9.17) is 0 Å². The van der Waals surface area contributed by atoms with Crippen molar-refractivity contribution in [1.29, 1.82) is 0 Å². The van der Waals surface area contributed by atoms with Crippen molar-refractivity contribution < 1.29 is 4.79 Å². The molecule has 0 saturated carbocycles. The van der Waals surface area contributed by atoms with Gasteiger partial charge in [-0.1, -0.05) is 63.6 Å². The Kier molecular flexibility index (Phi) is 10.5. The Labute approximate surface area is 106 Å². The third-order valence-corrected chi connectivity index (χ3v) is 1.29. The van der Waals surface area contributed by atoms with E-state index in [1.54, 1.807) is 7.05 Å². The summed E-state index contributed by atoms with van der Waals surface area (Å²) in [6.07, 6.45) is 0. The molecular weight excluding hydrogens is 210 g/mol. The van der Waals surface area contributed by atoms with Crippen LogP contribution in [0.5, 0.6) is 0 Å². The van der Waals surface area contributed by atoms with E-state index in [9.17, 15) is 4.79 Å². The molecule has 0 aliphatic heterocycles. The van der Waals surface area contributed by atoms with E-state index in [2.05, 4.69) is 52.1 Å². The number of nitrogens with one attached hydrogen (secondary N) is 1. The molecule has 1 aromatic rings. The van der Waals surface area contributed by atoms with E-state index in [-0.39, 0.29) is 5.91 Å². The molecule has 0 saturated heterocycles. The van der Waals surface area contributed by atoms with E-state index in [1.807, 2.05) is 18.2 Å². The summed E-state index contributed by atoms with van der Waals surface area (Å²) < 4.78 is 0. The highest BCUT2D eigenvalue weighted by atomic mass is 16.1. The molecule has 0 unspecified atom stereocenters. The van der Waals surface area contributed by atoms with E-state index in [1.165, 1.54) is 12.5 Å². The predicted octanol–water partition coefficient (Wildman–Crippen LogP) is 3.80. The van der Waals surface area contributed by atoms with Gasteiger partial charge in [-0.2, -0.15) is 0 Å².